The predicted molar refractivity (Wildman–Crippen MR) is 347 cm³/mol. The Labute approximate surface area is 494 Å². The van der Waals surface area contributed by atoms with E-state index in [-0.39, 0.29) is 18.5 Å². The van der Waals surface area contributed by atoms with Crippen LogP contribution >= 0.6 is 0 Å². The Kier molecular flexibility index (Phi) is 66.9. The molecule has 0 radical (unpaired) electrons. The maximum atomic E-state index is 12.5. The Bertz CT molecular complexity index is 1280. The molecule has 0 aliphatic carbocycles. The van der Waals surface area contributed by atoms with Gasteiger partial charge in [-0.05, 0) is 83.5 Å². The lowest BCUT2D eigenvalue weighted by molar-refractivity contribution is -0.143. The second kappa shape index (κ2) is 68.6. The maximum absolute atomic E-state index is 12.5. The van der Waals surface area contributed by atoms with Crippen molar-refractivity contribution >= 4 is 11.9 Å². The van der Waals surface area contributed by atoms with E-state index in [2.05, 4.69) is 43.5 Å². The van der Waals surface area contributed by atoms with Crippen LogP contribution in [0.25, 0.3) is 0 Å². The molecule has 0 aromatic rings. The summed E-state index contributed by atoms with van der Waals surface area (Å²) in [4.78, 5) is 24.6. The highest BCUT2D eigenvalue weighted by molar-refractivity contribution is 5.76. The van der Waals surface area contributed by atoms with Crippen LogP contribution in [0, 0.1) is 0 Å². The van der Waals surface area contributed by atoms with Gasteiger partial charge in [-0.25, -0.2) is 0 Å². The van der Waals surface area contributed by atoms with Gasteiger partial charge in [0.1, 0.15) is 0 Å². The number of aliphatic hydroxyl groups excluding tert-OH is 2. The number of allylic oxidation sites excluding steroid dienone is 5. The maximum Gasteiger partial charge on any atom is 0.305 e. The lowest BCUT2D eigenvalue weighted by Gasteiger charge is -2.20. The molecule has 0 aromatic heterocycles. The fourth-order valence-corrected chi connectivity index (χ4v) is 11.2. The normalized spacial score (nSPS) is 12.7. The van der Waals surface area contributed by atoms with E-state index in [1.165, 1.54) is 321 Å². The van der Waals surface area contributed by atoms with Gasteiger partial charge >= 0.3 is 5.97 Å². The number of esters is 1. The molecule has 2 atom stereocenters. The Morgan fingerprint density at radius 2 is 0.595 bits per heavy atom. The summed E-state index contributed by atoms with van der Waals surface area (Å²) in [5.74, 6) is -0.0618. The molecule has 0 saturated carbocycles. The number of carbonyl (C=O) groups is 2. The van der Waals surface area contributed by atoms with Crippen molar-refractivity contribution in [2.75, 3.05) is 13.2 Å². The zero-order valence-electron chi connectivity index (χ0n) is 53.4. The zero-order valence-corrected chi connectivity index (χ0v) is 53.4. The van der Waals surface area contributed by atoms with Crippen molar-refractivity contribution in [3.8, 4) is 0 Å². The molecule has 0 aromatic carbocycles. The first kappa shape index (κ1) is 77.1. The summed E-state index contributed by atoms with van der Waals surface area (Å²) in [6, 6.07) is -0.632. The van der Waals surface area contributed by atoms with Crippen molar-refractivity contribution < 1.29 is 24.5 Å². The molecular formula is C73H139NO5. The lowest BCUT2D eigenvalue weighted by atomic mass is 10.0. The van der Waals surface area contributed by atoms with Crippen LogP contribution in [0.1, 0.15) is 393 Å². The Balaban J connectivity index is 3.43. The molecule has 0 spiro atoms. The minimum atomic E-state index is -0.848. The summed E-state index contributed by atoms with van der Waals surface area (Å²) in [6.07, 6.45) is 87.9. The van der Waals surface area contributed by atoms with Crippen LogP contribution in [0.2, 0.25) is 0 Å². The molecule has 79 heavy (non-hydrogen) atoms. The van der Waals surface area contributed by atoms with Gasteiger partial charge in [0.25, 0.3) is 0 Å². The van der Waals surface area contributed by atoms with Gasteiger partial charge in [0.05, 0.1) is 25.4 Å². The van der Waals surface area contributed by atoms with Crippen LogP contribution in [0.15, 0.2) is 36.5 Å². The Hall–Kier alpha value is -1.92. The SMILES string of the molecule is CCCCCCCC/C=C\CCCCCCCC(=O)OCCCCCCCCCCCCCC/C=C\CCCCCCCCCCCC(=O)NC(CO)C(O)/C=C/CCCCCCCCCCCCCCCCCCCCCC. The van der Waals surface area contributed by atoms with Gasteiger partial charge in [-0.2, -0.15) is 0 Å². The standard InChI is InChI=1S/C73H139NO5/c1-3-5-7-9-11-13-15-17-19-20-21-22-28-31-34-38-41-45-49-53-57-61-65-71(76)70(69-75)74-72(77)66-62-58-54-50-46-42-39-35-32-29-26-24-23-25-27-30-33-36-40-44-48-52-56-60-64-68-79-73(78)67-63-59-55-51-47-43-37-18-16-14-12-10-8-6-4-2/h18,24,26,37,61,65,70-71,75-76H,3-17,19-23,25,27-36,38-60,62-64,66-69H2,1-2H3,(H,74,77)/b26-24-,37-18-,65-61+. The van der Waals surface area contributed by atoms with Gasteiger partial charge in [-0.15, -0.1) is 0 Å². The number of ether oxygens (including phenoxy) is 1. The highest BCUT2D eigenvalue weighted by atomic mass is 16.5. The van der Waals surface area contributed by atoms with Crippen molar-refractivity contribution in [1.29, 1.82) is 0 Å². The van der Waals surface area contributed by atoms with Crippen molar-refractivity contribution in [3.63, 3.8) is 0 Å². The highest BCUT2D eigenvalue weighted by Gasteiger charge is 2.18. The smallest absolute Gasteiger partial charge is 0.305 e. The second-order valence-corrected chi connectivity index (χ2v) is 24.6. The first-order valence-electron chi connectivity index (χ1n) is 35.8. The van der Waals surface area contributed by atoms with Gasteiger partial charge in [0, 0.05) is 12.8 Å². The summed E-state index contributed by atoms with van der Waals surface area (Å²) < 4.78 is 5.49. The van der Waals surface area contributed by atoms with Crippen LogP contribution in [0.4, 0.5) is 0 Å². The molecule has 466 valence electrons. The first-order chi connectivity index (χ1) is 39.0. The zero-order chi connectivity index (χ0) is 57.1. The van der Waals surface area contributed by atoms with E-state index in [4.69, 9.17) is 4.74 Å². The number of rotatable bonds is 67. The molecule has 0 bridgehead atoms. The number of aliphatic hydroxyl groups is 2. The monoisotopic (exact) mass is 1110 g/mol. The quantitative estimate of drug-likeness (QED) is 0.0320. The number of nitrogens with one attached hydrogen (secondary N) is 1. The van der Waals surface area contributed by atoms with Crippen molar-refractivity contribution in [2.45, 2.75) is 405 Å². The third-order valence-electron chi connectivity index (χ3n) is 16.6. The van der Waals surface area contributed by atoms with Gasteiger partial charge in [0.2, 0.25) is 5.91 Å². The first-order valence-corrected chi connectivity index (χ1v) is 35.8. The summed E-state index contributed by atoms with van der Waals surface area (Å²) in [5.41, 5.74) is 0. The Morgan fingerprint density at radius 3 is 0.899 bits per heavy atom. The third-order valence-corrected chi connectivity index (χ3v) is 16.6. The largest absolute Gasteiger partial charge is 0.466 e. The molecule has 0 fully saturated rings. The molecule has 0 heterocycles. The van der Waals surface area contributed by atoms with Crippen LogP contribution in [-0.2, 0) is 14.3 Å². The summed E-state index contributed by atoms with van der Waals surface area (Å²) in [6.45, 7) is 4.93. The molecule has 6 heteroatoms. The number of hydrogen-bond donors (Lipinski definition) is 3. The number of unbranched alkanes of at least 4 members (excludes halogenated alkanes) is 52. The van der Waals surface area contributed by atoms with Gasteiger partial charge in [-0.3, -0.25) is 9.59 Å². The molecular weight excluding hydrogens is 971 g/mol. The van der Waals surface area contributed by atoms with Crippen LogP contribution in [0.5, 0.6) is 0 Å². The molecule has 0 aliphatic heterocycles. The summed E-state index contributed by atoms with van der Waals surface area (Å²) >= 11 is 0. The summed E-state index contributed by atoms with van der Waals surface area (Å²) in [7, 11) is 0. The topological polar surface area (TPSA) is 95.9 Å². The molecule has 0 saturated heterocycles. The average Bonchev–Trinajstić information content (AvgIpc) is 3.45. The minimum Gasteiger partial charge on any atom is -0.466 e. The number of amides is 1. The van der Waals surface area contributed by atoms with E-state index < -0.39 is 12.1 Å². The van der Waals surface area contributed by atoms with E-state index in [0.717, 1.165) is 44.9 Å². The average molecular weight is 1110 g/mol. The van der Waals surface area contributed by atoms with Gasteiger partial charge in [-0.1, -0.05) is 333 Å². The predicted octanol–water partition coefficient (Wildman–Crippen LogP) is 23.1. The van der Waals surface area contributed by atoms with Gasteiger partial charge < -0.3 is 20.3 Å². The van der Waals surface area contributed by atoms with Gasteiger partial charge in [0.15, 0.2) is 0 Å². The van der Waals surface area contributed by atoms with Crippen LogP contribution < -0.4 is 5.32 Å². The van der Waals surface area contributed by atoms with E-state index >= 15 is 0 Å². The van der Waals surface area contributed by atoms with Crippen molar-refractivity contribution in [1.82, 2.24) is 5.32 Å². The van der Waals surface area contributed by atoms with Crippen LogP contribution in [0.3, 0.4) is 0 Å². The molecule has 6 nitrogen and oxygen atoms in total. The Morgan fingerprint density at radius 1 is 0.342 bits per heavy atom. The fourth-order valence-electron chi connectivity index (χ4n) is 11.2. The molecule has 0 aliphatic rings. The molecule has 3 N–H and O–H groups in total. The van der Waals surface area contributed by atoms with E-state index in [1.54, 1.807) is 6.08 Å². The molecule has 0 rings (SSSR count). The fraction of sp³-hybridized carbons (Fsp3) is 0.890. The summed E-state index contributed by atoms with van der Waals surface area (Å²) in [5, 5.41) is 23.3. The van der Waals surface area contributed by atoms with Crippen molar-refractivity contribution in [2.24, 2.45) is 0 Å². The van der Waals surface area contributed by atoms with E-state index in [0.29, 0.717) is 19.4 Å². The van der Waals surface area contributed by atoms with E-state index in [9.17, 15) is 19.8 Å². The van der Waals surface area contributed by atoms with Crippen LogP contribution in [-0.4, -0.2) is 47.4 Å². The highest BCUT2D eigenvalue weighted by Crippen LogP contribution is 2.18. The number of carbonyl (C=O) groups excluding carboxylic acids is 2. The van der Waals surface area contributed by atoms with E-state index in [1.807, 2.05) is 6.08 Å². The molecule has 2 unspecified atom stereocenters. The lowest BCUT2D eigenvalue weighted by Crippen LogP contribution is -2.45. The van der Waals surface area contributed by atoms with Crippen molar-refractivity contribution in [3.05, 3.63) is 36.5 Å². The molecule has 1 amide bonds. The third kappa shape index (κ3) is 65.1. The minimum absolute atomic E-state index is 0.00562. The second-order valence-electron chi connectivity index (χ2n) is 24.6. The number of hydrogen-bond acceptors (Lipinski definition) is 5.